The van der Waals surface area contributed by atoms with Gasteiger partial charge in [-0.05, 0) is 66.6 Å². The first kappa shape index (κ1) is 17.0. The number of aliphatic hydroxyl groups is 3. The maximum atomic E-state index is 12.2. The fraction of sp³-hybridized carbons (Fsp3) is 0.950. The normalized spacial score (nSPS) is 60.3. The van der Waals surface area contributed by atoms with Crippen LogP contribution in [0.3, 0.4) is 0 Å². The molecule has 136 valence electrons. The van der Waals surface area contributed by atoms with Gasteiger partial charge in [0.15, 0.2) is 0 Å². The smallest absolute Gasteiger partial charge is 0.136 e. The first-order chi connectivity index (χ1) is 11.2. The van der Waals surface area contributed by atoms with E-state index in [2.05, 4.69) is 13.8 Å². The highest BCUT2D eigenvalue weighted by Crippen LogP contribution is 2.66. The quantitative estimate of drug-likeness (QED) is 0.633. The number of hydrogen-bond acceptors (Lipinski definition) is 4. The summed E-state index contributed by atoms with van der Waals surface area (Å²) in [4.78, 5) is 12.2. The SMILES string of the molecule is C[C@@H]1C[C@@]2(C)[C@H](CC1=O)C[C@H](O)[C@@H]1[C@@H]2[C@H](O)C[C@]2(C)[C@@H](O)CC[C@@H]12. The second-order valence-corrected chi connectivity index (χ2v) is 9.86. The molecule has 0 aromatic carbocycles. The van der Waals surface area contributed by atoms with Gasteiger partial charge in [-0.1, -0.05) is 20.8 Å². The summed E-state index contributed by atoms with van der Waals surface area (Å²) in [7, 11) is 0. The second kappa shape index (κ2) is 5.28. The lowest BCUT2D eigenvalue weighted by Gasteiger charge is -2.63. The zero-order valence-corrected chi connectivity index (χ0v) is 15.1. The fourth-order valence-corrected chi connectivity index (χ4v) is 7.46. The largest absolute Gasteiger partial charge is 0.393 e. The van der Waals surface area contributed by atoms with Crippen LogP contribution in [0.1, 0.15) is 59.3 Å². The Labute approximate surface area is 144 Å². The molecular formula is C20H32O4. The Hall–Kier alpha value is -0.450. The Balaban J connectivity index is 1.74. The zero-order valence-electron chi connectivity index (χ0n) is 15.1. The topological polar surface area (TPSA) is 77.8 Å². The molecule has 4 nitrogen and oxygen atoms in total. The zero-order chi connectivity index (χ0) is 17.4. The molecule has 0 aromatic rings. The molecule has 0 spiro atoms. The molecular weight excluding hydrogens is 304 g/mol. The third kappa shape index (κ3) is 2.05. The number of hydrogen-bond donors (Lipinski definition) is 3. The van der Waals surface area contributed by atoms with Crippen molar-refractivity contribution in [2.45, 2.75) is 77.6 Å². The maximum absolute atomic E-state index is 12.2. The van der Waals surface area contributed by atoms with Crippen molar-refractivity contribution in [2.75, 3.05) is 0 Å². The van der Waals surface area contributed by atoms with E-state index >= 15 is 0 Å². The van der Waals surface area contributed by atoms with Crippen LogP contribution in [-0.2, 0) is 4.79 Å². The van der Waals surface area contributed by atoms with Gasteiger partial charge >= 0.3 is 0 Å². The summed E-state index contributed by atoms with van der Waals surface area (Å²) < 4.78 is 0. The molecule has 4 aliphatic carbocycles. The number of fused-ring (bicyclic) bond motifs is 5. The summed E-state index contributed by atoms with van der Waals surface area (Å²) >= 11 is 0. The molecule has 4 fully saturated rings. The number of carbonyl (C=O) groups excluding carboxylic acids is 1. The van der Waals surface area contributed by atoms with Crippen molar-refractivity contribution >= 4 is 5.78 Å². The number of aliphatic hydroxyl groups excluding tert-OH is 3. The second-order valence-electron chi connectivity index (χ2n) is 9.86. The van der Waals surface area contributed by atoms with E-state index in [0.717, 1.165) is 19.3 Å². The summed E-state index contributed by atoms with van der Waals surface area (Å²) in [5.41, 5.74) is -0.355. The van der Waals surface area contributed by atoms with E-state index < -0.39 is 12.2 Å². The predicted molar refractivity (Wildman–Crippen MR) is 90.1 cm³/mol. The molecule has 0 aliphatic heterocycles. The number of carbonyl (C=O) groups is 1. The van der Waals surface area contributed by atoms with E-state index in [0.29, 0.717) is 25.0 Å². The van der Waals surface area contributed by atoms with E-state index in [1.807, 2.05) is 6.92 Å². The van der Waals surface area contributed by atoms with Gasteiger partial charge in [0.25, 0.3) is 0 Å². The van der Waals surface area contributed by atoms with Crippen LogP contribution >= 0.6 is 0 Å². The Morgan fingerprint density at radius 1 is 1.00 bits per heavy atom. The molecule has 4 aliphatic rings. The van der Waals surface area contributed by atoms with Gasteiger partial charge in [-0.3, -0.25) is 4.79 Å². The van der Waals surface area contributed by atoms with Gasteiger partial charge in [0.1, 0.15) is 5.78 Å². The molecule has 4 saturated carbocycles. The van der Waals surface area contributed by atoms with E-state index in [1.54, 1.807) is 0 Å². The lowest BCUT2D eigenvalue weighted by atomic mass is 9.43. The van der Waals surface area contributed by atoms with Crippen LogP contribution in [0.5, 0.6) is 0 Å². The van der Waals surface area contributed by atoms with Gasteiger partial charge in [-0.15, -0.1) is 0 Å². The highest BCUT2D eigenvalue weighted by Gasteiger charge is 2.65. The van der Waals surface area contributed by atoms with Crippen LogP contribution in [0.25, 0.3) is 0 Å². The summed E-state index contributed by atoms with van der Waals surface area (Å²) in [5, 5.41) is 32.6. The minimum atomic E-state index is -0.494. The standard InChI is InChI=1S/C20H32O4/c1-10-8-19(2)11(6-13(10)21)7-14(22)17-12-4-5-16(24)20(12,3)9-15(23)18(17)19/h10-12,14-18,22-24H,4-9H2,1-3H3/t10-,11-,12+,14+,15-,16+,17-,18+,19+,20+/m1/s1. The van der Waals surface area contributed by atoms with E-state index in [-0.39, 0.29) is 46.5 Å². The molecule has 10 atom stereocenters. The minimum Gasteiger partial charge on any atom is -0.393 e. The first-order valence-electron chi connectivity index (χ1n) is 9.75. The Kier molecular flexibility index (Phi) is 3.73. The molecule has 0 unspecified atom stereocenters. The molecule has 4 heteroatoms. The van der Waals surface area contributed by atoms with Gasteiger partial charge in [0.05, 0.1) is 18.3 Å². The molecule has 0 radical (unpaired) electrons. The molecule has 4 rings (SSSR count). The van der Waals surface area contributed by atoms with Crippen molar-refractivity contribution in [3.05, 3.63) is 0 Å². The monoisotopic (exact) mass is 336 g/mol. The highest BCUT2D eigenvalue weighted by molar-refractivity contribution is 5.82. The molecule has 0 aromatic heterocycles. The van der Waals surface area contributed by atoms with Crippen molar-refractivity contribution in [3.8, 4) is 0 Å². The fourth-order valence-electron chi connectivity index (χ4n) is 7.46. The van der Waals surface area contributed by atoms with Gasteiger partial charge in [0.2, 0.25) is 0 Å². The lowest BCUT2D eigenvalue weighted by Crippen LogP contribution is -2.63. The van der Waals surface area contributed by atoms with E-state index in [9.17, 15) is 20.1 Å². The van der Waals surface area contributed by atoms with Gasteiger partial charge in [-0.25, -0.2) is 0 Å². The van der Waals surface area contributed by atoms with Crippen LogP contribution in [0.4, 0.5) is 0 Å². The van der Waals surface area contributed by atoms with Crippen LogP contribution in [0.2, 0.25) is 0 Å². The van der Waals surface area contributed by atoms with Gasteiger partial charge in [0, 0.05) is 12.3 Å². The van der Waals surface area contributed by atoms with E-state index in [1.165, 1.54) is 0 Å². The van der Waals surface area contributed by atoms with Crippen LogP contribution in [-0.4, -0.2) is 39.4 Å². The van der Waals surface area contributed by atoms with Gasteiger partial charge in [-0.2, -0.15) is 0 Å². The maximum Gasteiger partial charge on any atom is 0.136 e. The third-order valence-electron chi connectivity index (χ3n) is 8.71. The van der Waals surface area contributed by atoms with Gasteiger partial charge < -0.3 is 15.3 Å². The average Bonchev–Trinajstić information content (AvgIpc) is 2.77. The number of ketones is 1. The first-order valence-corrected chi connectivity index (χ1v) is 9.75. The van der Waals surface area contributed by atoms with Crippen LogP contribution in [0.15, 0.2) is 0 Å². The third-order valence-corrected chi connectivity index (χ3v) is 8.71. The molecule has 0 heterocycles. The summed E-state index contributed by atoms with van der Waals surface area (Å²) in [6, 6.07) is 0. The number of Topliss-reactive ketones (excluding diaryl/α,β-unsaturated/α-hetero) is 1. The predicted octanol–water partition coefficient (Wildman–Crippen LogP) is 2.15. The molecule has 0 bridgehead atoms. The Bertz CT molecular complexity index is 548. The molecule has 3 N–H and O–H groups in total. The molecule has 24 heavy (non-hydrogen) atoms. The number of rotatable bonds is 0. The van der Waals surface area contributed by atoms with Crippen LogP contribution < -0.4 is 0 Å². The van der Waals surface area contributed by atoms with Crippen molar-refractivity contribution in [2.24, 2.45) is 40.4 Å². The minimum absolute atomic E-state index is 0.0465. The van der Waals surface area contributed by atoms with Crippen LogP contribution in [0, 0.1) is 40.4 Å². The Morgan fingerprint density at radius 2 is 1.71 bits per heavy atom. The van der Waals surface area contributed by atoms with Crippen molar-refractivity contribution in [3.63, 3.8) is 0 Å². The summed E-state index contributed by atoms with van der Waals surface area (Å²) in [5.74, 6) is 0.929. The highest BCUT2D eigenvalue weighted by atomic mass is 16.3. The van der Waals surface area contributed by atoms with E-state index in [4.69, 9.17) is 0 Å². The Morgan fingerprint density at radius 3 is 2.42 bits per heavy atom. The van der Waals surface area contributed by atoms with Crippen molar-refractivity contribution in [1.82, 2.24) is 0 Å². The summed E-state index contributed by atoms with van der Waals surface area (Å²) in [6.07, 6.45) is 3.07. The lowest BCUT2D eigenvalue weighted by molar-refractivity contribution is -0.212. The van der Waals surface area contributed by atoms with Crippen molar-refractivity contribution < 1.29 is 20.1 Å². The average molecular weight is 336 g/mol. The van der Waals surface area contributed by atoms with Crippen molar-refractivity contribution in [1.29, 1.82) is 0 Å². The summed E-state index contributed by atoms with van der Waals surface area (Å²) in [6.45, 7) is 6.37. The molecule has 0 saturated heterocycles. The molecule has 0 amide bonds.